The van der Waals surface area contributed by atoms with Crippen LogP contribution in [0.5, 0.6) is 11.5 Å². The summed E-state index contributed by atoms with van der Waals surface area (Å²) >= 11 is 0. The number of pyridine rings is 1. The molecule has 6 aromatic rings. The number of hydrogen-bond donors (Lipinski definition) is 0. The molecule has 0 radical (unpaired) electrons. The molecule has 0 bridgehead atoms. The minimum Gasteiger partial charge on any atom is -0.457 e. The number of ether oxygens (including phenoxy) is 1. The van der Waals surface area contributed by atoms with Gasteiger partial charge in [0, 0.05) is 41.8 Å². The van der Waals surface area contributed by atoms with E-state index in [1.165, 1.54) is 38.8 Å². The van der Waals surface area contributed by atoms with Gasteiger partial charge in [-0.05, 0) is 87.5 Å². The van der Waals surface area contributed by atoms with E-state index in [0.29, 0.717) is 0 Å². The van der Waals surface area contributed by atoms with Crippen LogP contribution in [0.15, 0.2) is 97.2 Å². The second-order valence-corrected chi connectivity index (χ2v) is 16.4. The summed E-state index contributed by atoms with van der Waals surface area (Å²) in [6, 6.07) is 32.9. The maximum absolute atomic E-state index is 6.83. The smallest absolute Gasteiger partial charge is 0.137 e. The van der Waals surface area contributed by atoms with Crippen molar-refractivity contribution in [3.8, 4) is 17.3 Å². The lowest BCUT2D eigenvalue weighted by atomic mass is 9.84. The predicted molar refractivity (Wildman–Crippen MR) is 203 cm³/mol. The first-order chi connectivity index (χ1) is 22.6. The Bertz CT molecular complexity index is 2170. The first-order valence-electron chi connectivity index (χ1n) is 17.1. The Morgan fingerprint density at radius 2 is 1.35 bits per heavy atom. The topological polar surface area (TPSA) is 33.5 Å². The van der Waals surface area contributed by atoms with Crippen molar-refractivity contribution >= 4 is 38.9 Å². The Hall–Kier alpha value is -4.77. The molecule has 0 amide bonds. The molecular weight excluding hydrogens is 589 g/mol. The van der Waals surface area contributed by atoms with E-state index in [2.05, 4.69) is 175 Å². The molecule has 0 fully saturated rings. The van der Waals surface area contributed by atoms with Crippen molar-refractivity contribution in [3.63, 3.8) is 0 Å². The van der Waals surface area contributed by atoms with Gasteiger partial charge in [-0.3, -0.25) is 4.57 Å². The highest BCUT2D eigenvalue weighted by molar-refractivity contribution is 6.11. The number of benzene rings is 4. The molecule has 7 rings (SSSR count). The first kappa shape index (κ1) is 31.8. The number of aromatic nitrogens is 2. The number of rotatable bonds is 4. The van der Waals surface area contributed by atoms with Crippen molar-refractivity contribution in [1.29, 1.82) is 0 Å². The van der Waals surface area contributed by atoms with Crippen LogP contribution in [0, 0.1) is 0 Å². The molecule has 5 heteroatoms. The molecule has 0 aliphatic carbocycles. The Balaban J connectivity index is 1.40. The summed E-state index contributed by atoms with van der Waals surface area (Å²) in [5, 5.41) is 2.47. The molecule has 2 aromatic heterocycles. The zero-order valence-corrected chi connectivity index (χ0v) is 30.1. The van der Waals surface area contributed by atoms with Crippen LogP contribution in [0.2, 0.25) is 0 Å². The zero-order valence-electron chi connectivity index (χ0n) is 30.1. The van der Waals surface area contributed by atoms with E-state index in [1.54, 1.807) is 0 Å². The van der Waals surface area contributed by atoms with Gasteiger partial charge in [-0.15, -0.1) is 0 Å². The van der Waals surface area contributed by atoms with E-state index < -0.39 is 0 Å². The van der Waals surface area contributed by atoms with Gasteiger partial charge in [0.05, 0.1) is 29.1 Å². The highest BCUT2D eigenvalue weighted by Gasteiger charge is 2.27. The third kappa shape index (κ3) is 5.59. The van der Waals surface area contributed by atoms with Gasteiger partial charge in [0.2, 0.25) is 0 Å². The monoisotopic (exact) mass is 636 g/mol. The summed E-state index contributed by atoms with van der Waals surface area (Å²) in [4.78, 5) is 9.60. The average molecular weight is 637 g/mol. The maximum Gasteiger partial charge on any atom is 0.137 e. The first-order valence-corrected chi connectivity index (χ1v) is 17.1. The van der Waals surface area contributed by atoms with Gasteiger partial charge < -0.3 is 14.5 Å². The number of nitrogens with zero attached hydrogens (tertiary/aromatic N) is 4. The molecule has 4 aromatic carbocycles. The lowest BCUT2D eigenvalue weighted by Crippen LogP contribution is -2.24. The molecule has 48 heavy (non-hydrogen) atoms. The summed E-state index contributed by atoms with van der Waals surface area (Å²) in [5.74, 6) is 2.54. The molecule has 1 aliphatic rings. The molecule has 1 aliphatic heterocycles. The Labute approximate surface area is 285 Å². The minimum atomic E-state index is -0.0528. The predicted octanol–water partition coefficient (Wildman–Crippen LogP) is 11.4. The van der Waals surface area contributed by atoms with Crippen LogP contribution in [0.25, 0.3) is 27.6 Å². The highest BCUT2D eigenvalue weighted by Crippen LogP contribution is 2.44. The molecule has 5 nitrogen and oxygen atoms in total. The molecule has 246 valence electrons. The van der Waals surface area contributed by atoms with E-state index in [1.807, 2.05) is 6.20 Å². The molecule has 0 saturated heterocycles. The fourth-order valence-corrected chi connectivity index (χ4v) is 6.96. The van der Waals surface area contributed by atoms with Gasteiger partial charge >= 0.3 is 0 Å². The van der Waals surface area contributed by atoms with Crippen molar-refractivity contribution in [2.45, 2.75) is 78.6 Å². The van der Waals surface area contributed by atoms with Crippen molar-refractivity contribution < 1.29 is 4.74 Å². The van der Waals surface area contributed by atoms with E-state index in [9.17, 15) is 0 Å². The Morgan fingerprint density at radius 3 is 2.06 bits per heavy atom. The van der Waals surface area contributed by atoms with Crippen LogP contribution in [0.3, 0.4) is 0 Å². The van der Waals surface area contributed by atoms with Gasteiger partial charge in [0.1, 0.15) is 17.3 Å². The third-order valence-electron chi connectivity index (χ3n) is 9.65. The van der Waals surface area contributed by atoms with Gasteiger partial charge in [0.15, 0.2) is 0 Å². The summed E-state index contributed by atoms with van der Waals surface area (Å²) in [7, 11) is 2.15. The van der Waals surface area contributed by atoms with Crippen LogP contribution in [0.1, 0.15) is 79.0 Å². The quantitative estimate of drug-likeness (QED) is 0.193. The molecule has 0 unspecified atom stereocenters. The largest absolute Gasteiger partial charge is 0.457 e. The second-order valence-electron chi connectivity index (χ2n) is 16.4. The van der Waals surface area contributed by atoms with Gasteiger partial charge in [0.25, 0.3) is 0 Å². The fourth-order valence-electron chi connectivity index (χ4n) is 6.96. The second kappa shape index (κ2) is 11.2. The maximum atomic E-state index is 6.83. The number of anilines is 3. The van der Waals surface area contributed by atoms with Crippen molar-refractivity contribution in [2.24, 2.45) is 0 Å². The molecule has 3 heterocycles. The average Bonchev–Trinajstić information content (AvgIpc) is 3.54. The Kier molecular flexibility index (Phi) is 7.39. The van der Waals surface area contributed by atoms with Gasteiger partial charge in [-0.1, -0.05) is 86.6 Å². The highest BCUT2D eigenvalue weighted by atomic mass is 16.5. The van der Waals surface area contributed by atoms with Crippen LogP contribution in [-0.2, 0) is 16.2 Å². The van der Waals surface area contributed by atoms with Gasteiger partial charge in [-0.2, -0.15) is 0 Å². The van der Waals surface area contributed by atoms with E-state index in [4.69, 9.17) is 9.72 Å². The van der Waals surface area contributed by atoms with Gasteiger partial charge in [-0.25, -0.2) is 4.98 Å². The molecule has 0 saturated carbocycles. The minimum absolute atomic E-state index is 0.00172. The van der Waals surface area contributed by atoms with E-state index in [0.717, 1.165) is 40.7 Å². The number of hydrogen-bond acceptors (Lipinski definition) is 4. The fraction of sp³-hybridized carbons (Fsp3) is 0.326. The molecule has 0 atom stereocenters. The molecule has 0 spiro atoms. The standard InChI is InChI=1S/C43H48N4O/c1-41(2,3)28-20-21-44-39(24-28)47-37-17-13-14-34(43(7,8)9)40(37)33-19-18-31(26-38(33)47)48-32-23-29(42(4,5)6)22-30(25-32)46-27-45(10)35-15-11-12-16-36(35)46/h11-26H,27H2,1-10H3. The van der Waals surface area contributed by atoms with E-state index in [-0.39, 0.29) is 16.2 Å². The Morgan fingerprint density at radius 1 is 0.625 bits per heavy atom. The normalized spacial score (nSPS) is 13.9. The van der Waals surface area contributed by atoms with Crippen LogP contribution >= 0.6 is 0 Å². The van der Waals surface area contributed by atoms with E-state index >= 15 is 0 Å². The summed E-state index contributed by atoms with van der Waals surface area (Å²) in [6.07, 6.45) is 1.94. The summed E-state index contributed by atoms with van der Waals surface area (Å²) < 4.78 is 9.14. The zero-order chi connectivity index (χ0) is 34.2. The summed E-state index contributed by atoms with van der Waals surface area (Å²) in [6.45, 7) is 21.2. The van der Waals surface area contributed by atoms with Crippen LogP contribution in [-0.4, -0.2) is 23.3 Å². The molecular formula is C43H48N4O. The van der Waals surface area contributed by atoms with Crippen LogP contribution < -0.4 is 14.5 Å². The van der Waals surface area contributed by atoms with Crippen molar-refractivity contribution in [3.05, 3.63) is 114 Å². The SMILES string of the molecule is CN1CN(c2cc(Oc3ccc4c5c(C(C)(C)C)cccc5n(-c5cc(C(C)(C)C)ccn5)c4c3)cc(C(C)(C)C)c2)c2ccccc21. The molecule has 0 N–H and O–H groups in total. The van der Waals surface area contributed by atoms with Crippen LogP contribution in [0.4, 0.5) is 17.1 Å². The summed E-state index contributed by atoms with van der Waals surface area (Å²) in [5.41, 5.74) is 9.54. The van der Waals surface area contributed by atoms with Crippen molar-refractivity contribution in [2.75, 3.05) is 23.5 Å². The third-order valence-corrected chi connectivity index (χ3v) is 9.65. The lowest BCUT2D eigenvalue weighted by Gasteiger charge is -2.25. The van der Waals surface area contributed by atoms with Crippen molar-refractivity contribution in [1.82, 2.24) is 9.55 Å². The number of para-hydroxylation sites is 2. The number of fused-ring (bicyclic) bond motifs is 4. The lowest BCUT2D eigenvalue weighted by molar-refractivity contribution is 0.479.